The quantitative estimate of drug-likeness (QED) is 0.735. The minimum absolute atomic E-state index is 0.0416. The highest BCUT2D eigenvalue weighted by molar-refractivity contribution is 5.90. The molecule has 0 saturated carbocycles. The largest absolute Gasteiger partial charge is 0.493 e. The lowest BCUT2D eigenvalue weighted by molar-refractivity contribution is -0.118. The van der Waals surface area contributed by atoms with Crippen LogP contribution in [0.1, 0.15) is 24.8 Å². The monoisotopic (exact) mass is 338 g/mol. The first kappa shape index (κ1) is 18.3. The summed E-state index contributed by atoms with van der Waals surface area (Å²) in [5, 5.41) is 2.84. The summed E-state index contributed by atoms with van der Waals surface area (Å²) in [6.07, 6.45) is 5.26. The fourth-order valence-corrected chi connectivity index (χ4v) is 2.13. The number of carbonyl (C=O) groups is 2. The van der Waals surface area contributed by atoms with E-state index in [0.29, 0.717) is 24.3 Å². The molecule has 0 bridgehead atoms. The van der Waals surface area contributed by atoms with Crippen LogP contribution in [0.5, 0.6) is 5.75 Å². The van der Waals surface area contributed by atoms with Gasteiger partial charge in [0, 0.05) is 12.1 Å². The summed E-state index contributed by atoms with van der Waals surface area (Å²) in [5.74, 6) is 0.190. The number of allylic oxidation sites excluding steroid dienone is 1. The maximum Gasteiger partial charge on any atom is 0.224 e. The van der Waals surface area contributed by atoms with Gasteiger partial charge >= 0.3 is 0 Å². The molecule has 0 aromatic heterocycles. The van der Waals surface area contributed by atoms with Crippen molar-refractivity contribution in [2.75, 3.05) is 11.9 Å². The van der Waals surface area contributed by atoms with E-state index in [4.69, 9.17) is 10.5 Å². The molecule has 2 aromatic rings. The molecule has 0 spiro atoms. The number of anilines is 1. The molecule has 0 aliphatic heterocycles. The van der Waals surface area contributed by atoms with Crippen molar-refractivity contribution >= 4 is 23.6 Å². The van der Waals surface area contributed by atoms with E-state index in [-0.39, 0.29) is 18.9 Å². The molecule has 0 atom stereocenters. The number of nitrogens with two attached hydrogens (primary N) is 1. The average Bonchev–Trinajstić information content (AvgIpc) is 2.61. The van der Waals surface area contributed by atoms with Gasteiger partial charge in [-0.3, -0.25) is 9.59 Å². The molecule has 0 aliphatic carbocycles. The smallest absolute Gasteiger partial charge is 0.224 e. The lowest BCUT2D eigenvalue weighted by Crippen LogP contribution is -2.14. The second kappa shape index (κ2) is 9.93. The molecule has 0 fully saturated rings. The summed E-state index contributed by atoms with van der Waals surface area (Å²) >= 11 is 0. The van der Waals surface area contributed by atoms with Gasteiger partial charge in [0.15, 0.2) is 0 Å². The minimum atomic E-state index is -0.398. The summed E-state index contributed by atoms with van der Waals surface area (Å²) in [4.78, 5) is 22.6. The molecular weight excluding hydrogens is 316 g/mol. The van der Waals surface area contributed by atoms with Gasteiger partial charge in [-0.05, 0) is 36.2 Å². The maximum atomic E-state index is 11.9. The molecule has 0 heterocycles. The first-order valence-corrected chi connectivity index (χ1v) is 8.16. The van der Waals surface area contributed by atoms with Crippen molar-refractivity contribution in [1.82, 2.24) is 0 Å². The van der Waals surface area contributed by atoms with Gasteiger partial charge in [-0.25, -0.2) is 0 Å². The van der Waals surface area contributed by atoms with E-state index in [1.54, 1.807) is 24.3 Å². The Morgan fingerprint density at radius 2 is 1.72 bits per heavy atom. The summed E-state index contributed by atoms with van der Waals surface area (Å²) in [7, 11) is 0. The van der Waals surface area contributed by atoms with E-state index in [1.165, 1.54) is 0 Å². The molecule has 5 heteroatoms. The van der Waals surface area contributed by atoms with Gasteiger partial charge in [0.2, 0.25) is 11.8 Å². The van der Waals surface area contributed by atoms with Crippen molar-refractivity contribution in [3.63, 3.8) is 0 Å². The third-order valence-electron chi connectivity index (χ3n) is 3.40. The Balaban J connectivity index is 1.71. The van der Waals surface area contributed by atoms with Crippen molar-refractivity contribution in [2.45, 2.75) is 19.3 Å². The van der Waals surface area contributed by atoms with Crippen LogP contribution in [0, 0.1) is 0 Å². The van der Waals surface area contributed by atoms with Gasteiger partial charge in [0.05, 0.1) is 13.0 Å². The van der Waals surface area contributed by atoms with Crippen LogP contribution in [0.3, 0.4) is 0 Å². The van der Waals surface area contributed by atoms with Crippen LogP contribution < -0.4 is 15.8 Å². The molecule has 5 nitrogen and oxygen atoms in total. The summed E-state index contributed by atoms with van der Waals surface area (Å²) in [6.45, 7) is 0.245. The van der Waals surface area contributed by atoms with E-state index in [9.17, 15) is 9.59 Å². The Hall–Kier alpha value is -3.08. The second-order valence-electron chi connectivity index (χ2n) is 5.49. The topological polar surface area (TPSA) is 81.4 Å². The Labute approximate surface area is 147 Å². The summed E-state index contributed by atoms with van der Waals surface area (Å²) in [6, 6.07) is 17.0. The van der Waals surface area contributed by atoms with Crippen LogP contribution in [-0.2, 0) is 9.59 Å². The van der Waals surface area contributed by atoms with Crippen molar-refractivity contribution in [3.8, 4) is 5.75 Å². The summed E-state index contributed by atoms with van der Waals surface area (Å²) < 4.78 is 5.38. The number of hydrogen-bond acceptors (Lipinski definition) is 3. The van der Waals surface area contributed by atoms with Crippen LogP contribution in [-0.4, -0.2) is 18.4 Å². The first-order chi connectivity index (χ1) is 12.1. The van der Waals surface area contributed by atoms with Crippen LogP contribution >= 0.6 is 0 Å². The number of benzene rings is 2. The number of carbonyl (C=O) groups excluding carboxylic acids is 2. The van der Waals surface area contributed by atoms with E-state index in [1.807, 2.05) is 42.5 Å². The van der Waals surface area contributed by atoms with Gasteiger partial charge in [0.1, 0.15) is 5.75 Å². The van der Waals surface area contributed by atoms with Gasteiger partial charge < -0.3 is 15.8 Å². The first-order valence-electron chi connectivity index (χ1n) is 8.16. The lowest BCUT2D eigenvalue weighted by Gasteiger charge is -2.07. The fourth-order valence-electron chi connectivity index (χ4n) is 2.13. The van der Waals surface area contributed by atoms with Crippen LogP contribution in [0.2, 0.25) is 0 Å². The van der Waals surface area contributed by atoms with Crippen molar-refractivity contribution in [1.29, 1.82) is 0 Å². The number of rotatable bonds is 9. The van der Waals surface area contributed by atoms with Crippen LogP contribution in [0.15, 0.2) is 60.7 Å². The van der Waals surface area contributed by atoms with Crippen molar-refractivity contribution in [3.05, 3.63) is 66.2 Å². The Morgan fingerprint density at radius 1 is 1.00 bits per heavy atom. The van der Waals surface area contributed by atoms with E-state index in [2.05, 4.69) is 5.32 Å². The molecule has 0 radical (unpaired) electrons. The zero-order valence-electron chi connectivity index (χ0n) is 14.0. The standard InChI is InChI=1S/C20H22N2O3/c21-19(23)14-15-25-18-12-10-17(11-13-18)22-20(24)9-5-4-8-16-6-2-1-3-7-16/h1-4,6-8,10-13H,5,9,14-15H2,(H2,21,23)(H,22,24)/b8-4+. The third-order valence-corrected chi connectivity index (χ3v) is 3.40. The highest BCUT2D eigenvalue weighted by Gasteiger charge is 2.02. The molecule has 25 heavy (non-hydrogen) atoms. The molecular formula is C20H22N2O3. The molecule has 0 unspecified atom stereocenters. The zero-order chi connectivity index (χ0) is 17.9. The minimum Gasteiger partial charge on any atom is -0.493 e. The van der Waals surface area contributed by atoms with E-state index in [0.717, 1.165) is 5.56 Å². The Kier molecular flexibility index (Phi) is 7.25. The summed E-state index contributed by atoms with van der Waals surface area (Å²) in [5.41, 5.74) is 6.88. The Morgan fingerprint density at radius 3 is 2.40 bits per heavy atom. The van der Waals surface area contributed by atoms with Crippen LogP contribution in [0.25, 0.3) is 6.08 Å². The molecule has 0 aliphatic rings. The lowest BCUT2D eigenvalue weighted by atomic mass is 10.2. The third kappa shape index (κ3) is 7.35. The highest BCUT2D eigenvalue weighted by Crippen LogP contribution is 2.16. The molecule has 2 amide bonds. The van der Waals surface area contributed by atoms with Gasteiger partial charge in [0.25, 0.3) is 0 Å². The molecule has 2 aromatic carbocycles. The van der Waals surface area contributed by atoms with Crippen molar-refractivity contribution < 1.29 is 14.3 Å². The molecule has 2 rings (SSSR count). The normalized spacial score (nSPS) is 10.6. The molecule has 0 saturated heterocycles. The average molecular weight is 338 g/mol. The van der Waals surface area contributed by atoms with Crippen LogP contribution in [0.4, 0.5) is 5.69 Å². The second-order valence-corrected chi connectivity index (χ2v) is 5.49. The van der Waals surface area contributed by atoms with E-state index < -0.39 is 5.91 Å². The molecule has 130 valence electrons. The fraction of sp³-hybridized carbons (Fsp3) is 0.200. The predicted octanol–water partition coefficient (Wildman–Crippen LogP) is 3.37. The van der Waals surface area contributed by atoms with Gasteiger partial charge in [-0.15, -0.1) is 0 Å². The zero-order valence-corrected chi connectivity index (χ0v) is 14.0. The van der Waals surface area contributed by atoms with Crippen molar-refractivity contribution in [2.24, 2.45) is 5.73 Å². The Bertz CT molecular complexity index is 709. The maximum absolute atomic E-state index is 11.9. The number of nitrogens with one attached hydrogen (secondary N) is 1. The SMILES string of the molecule is NC(=O)CCOc1ccc(NC(=O)CC/C=C/c2ccccc2)cc1. The highest BCUT2D eigenvalue weighted by atomic mass is 16.5. The van der Waals surface area contributed by atoms with Gasteiger partial charge in [-0.1, -0.05) is 42.5 Å². The predicted molar refractivity (Wildman–Crippen MR) is 99.1 cm³/mol. The number of hydrogen-bond donors (Lipinski definition) is 2. The van der Waals surface area contributed by atoms with E-state index >= 15 is 0 Å². The van der Waals surface area contributed by atoms with Gasteiger partial charge in [-0.2, -0.15) is 0 Å². The molecule has 3 N–H and O–H groups in total. The number of amides is 2. The number of ether oxygens (including phenoxy) is 1. The number of primary amides is 1.